The topological polar surface area (TPSA) is 75.4 Å². The van der Waals surface area contributed by atoms with Crippen LogP contribution in [0.15, 0.2) is 10.6 Å². The van der Waals surface area contributed by atoms with Crippen molar-refractivity contribution in [2.24, 2.45) is 5.92 Å². The Kier molecular flexibility index (Phi) is 4.65. The molecule has 1 N–H and O–H groups in total. The molecule has 0 spiro atoms. The molecule has 0 saturated carbocycles. The molecule has 0 bridgehead atoms. The number of rotatable bonds is 4. The van der Waals surface area contributed by atoms with Crippen molar-refractivity contribution >= 4 is 11.8 Å². The van der Waals surface area contributed by atoms with Gasteiger partial charge in [-0.3, -0.25) is 9.59 Å². The average molecular weight is 293 g/mol. The van der Waals surface area contributed by atoms with Gasteiger partial charge < -0.3 is 14.6 Å². The minimum absolute atomic E-state index is 0.0575. The summed E-state index contributed by atoms with van der Waals surface area (Å²) in [6.45, 7) is 8.17. The Morgan fingerprint density at radius 2 is 2.14 bits per heavy atom. The third-order valence-corrected chi connectivity index (χ3v) is 3.67. The Morgan fingerprint density at radius 3 is 2.71 bits per heavy atom. The molecule has 1 fully saturated rings. The maximum Gasteiger partial charge on any atom is 0.245 e. The Balaban J connectivity index is 2.20. The fourth-order valence-electron chi connectivity index (χ4n) is 2.57. The average Bonchev–Trinajstić information content (AvgIpc) is 2.78. The zero-order valence-corrected chi connectivity index (χ0v) is 13.0. The lowest BCUT2D eigenvalue weighted by Gasteiger charge is -2.28. The fraction of sp³-hybridized carbons (Fsp3) is 0.667. The van der Waals surface area contributed by atoms with E-state index in [1.165, 1.54) is 0 Å². The molecule has 2 rings (SSSR count). The standard InChI is InChI=1S/C15H23N3O3/c1-9(2)7-12-15(20)18(6-5-13(19)17-12)11(4)14-16-8-10(3)21-14/h8-9,11-12H,5-7H2,1-4H3,(H,17,19). The Bertz CT molecular complexity index is 524. The van der Waals surface area contributed by atoms with Crippen LogP contribution in [0, 0.1) is 12.8 Å². The lowest BCUT2D eigenvalue weighted by molar-refractivity contribution is -0.136. The monoisotopic (exact) mass is 293 g/mol. The summed E-state index contributed by atoms with van der Waals surface area (Å²) in [4.78, 5) is 30.4. The predicted molar refractivity (Wildman–Crippen MR) is 77.4 cm³/mol. The van der Waals surface area contributed by atoms with E-state index in [0.717, 1.165) is 0 Å². The summed E-state index contributed by atoms with van der Waals surface area (Å²) in [6.07, 6.45) is 2.59. The van der Waals surface area contributed by atoms with Gasteiger partial charge in [-0.05, 0) is 26.2 Å². The highest BCUT2D eigenvalue weighted by molar-refractivity contribution is 5.90. The number of nitrogens with one attached hydrogen (secondary N) is 1. The van der Waals surface area contributed by atoms with E-state index in [0.29, 0.717) is 37.0 Å². The Hall–Kier alpha value is -1.85. The second-order valence-corrected chi connectivity index (χ2v) is 6.02. The third kappa shape index (κ3) is 3.62. The molecule has 1 saturated heterocycles. The van der Waals surface area contributed by atoms with Crippen molar-refractivity contribution in [1.29, 1.82) is 0 Å². The SMILES string of the molecule is Cc1cnc(C(C)N2CCC(=O)NC(CC(C)C)C2=O)o1. The first kappa shape index (κ1) is 15.5. The third-order valence-electron chi connectivity index (χ3n) is 3.67. The van der Waals surface area contributed by atoms with Gasteiger partial charge in [0.25, 0.3) is 0 Å². The number of nitrogens with zero attached hydrogens (tertiary/aromatic N) is 2. The number of amides is 2. The molecule has 6 nitrogen and oxygen atoms in total. The van der Waals surface area contributed by atoms with E-state index >= 15 is 0 Å². The van der Waals surface area contributed by atoms with Gasteiger partial charge in [-0.15, -0.1) is 0 Å². The van der Waals surface area contributed by atoms with Crippen LogP contribution < -0.4 is 5.32 Å². The van der Waals surface area contributed by atoms with Gasteiger partial charge in [0.1, 0.15) is 17.8 Å². The summed E-state index contributed by atoms with van der Waals surface area (Å²) in [5.41, 5.74) is 0. The van der Waals surface area contributed by atoms with Gasteiger partial charge >= 0.3 is 0 Å². The molecule has 2 unspecified atom stereocenters. The van der Waals surface area contributed by atoms with E-state index < -0.39 is 6.04 Å². The van der Waals surface area contributed by atoms with Crippen molar-refractivity contribution < 1.29 is 14.0 Å². The molecule has 2 atom stereocenters. The van der Waals surface area contributed by atoms with Gasteiger partial charge in [0.2, 0.25) is 17.7 Å². The molecule has 2 heterocycles. The number of oxazole rings is 1. The first-order chi connectivity index (χ1) is 9.88. The maximum atomic E-state index is 12.7. The summed E-state index contributed by atoms with van der Waals surface area (Å²) in [5, 5.41) is 2.82. The first-order valence-corrected chi connectivity index (χ1v) is 7.40. The second-order valence-electron chi connectivity index (χ2n) is 6.02. The molecular formula is C15H23N3O3. The second kappa shape index (κ2) is 6.28. The summed E-state index contributed by atoms with van der Waals surface area (Å²) < 4.78 is 5.52. The molecule has 0 aromatic carbocycles. The molecular weight excluding hydrogens is 270 g/mol. The van der Waals surface area contributed by atoms with Gasteiger partial charge in [-0.25, -0.2) is 4.98 Å². The summed E-state index contributed by atoms with van der Waals surface area (Å²) in [7, 11) is 0. The van der Waals surface area contributed by atoms with E-state index in [1.54, 1.807) is 11.1 Å². The first-order valence-electron chi connectivity index (χ1n) is 7.40. The zero-order valence-electron chi connectivity index (χ0n) is 13.0. The zero-order chi connectivity index (χ0) is 15.6. The van der Waals surface area contributed by atoms with E-state index in [4.69, 9.17) is 4.42 Å². The molecule has 0 aliphatic carbocycles. The van der Waals surface area contributed by atoms with Crippen molar-refractivity contribution in [3.05, 3.63) is 17.8 Å². The summed E-state index contributed by atoms with van der Waals surface area (Å²) in [5.74, 6) is 1.43. The lowest BCUT2D eigenvalue weighted by atomic mass is 10.0. The normalized spacial score (nSPS) is 21.4. The molecule has 0 radical (unpaired) electrons. The Morgan fingerprint density at radius 1 is 1.43 bits per heavy atom. The molecule has 1 aromatic rings. The van der Waals surface area contributed by atoms with Gasteiger partial charge in [-0.1, -0.05) is 13.8 Å². The molecule has 116 valence electrons. The van der Waals surface area contributed by atoms with Crippen LogP contribution in [0.2, 0.25) is 0 Å². The van der Waals surface area contributed by atoms with Crippen LogP contribution in [-0.2, 0) is 9.59 Å². The number of carbonyl (C=O) groups excluding carboxylic acids is 2. The van der Waals surface area contributed by atoms with Crippen LogP contribution in [0.25, 0.3) is 0 Å². The molecule has 2 amide bonds. The highest BCUT2D eigenvalue weighted by Crippen LogP contribution is 2.23. The minimum atomic E-state index is -0.460. The fourth-order valence-corrected chi connectivity index (χ4v) is 2.57. The smallest absolute Gasteiger partial charge is 0.245 e. The van der Waals surface area contributed by atoms with Crippen LogP contribution >= 0.6 is 0 Å². The Labute approximate surface area is 124 Å². The van der Waals surface area contributed by atoms with Crippen LogP contribution in [0.5, 0.6) is 0 Å². The van der Waals surface area contributed by atoms with Crippen LogP contribution in [0.1, 0.15) is 51.3 Å². The lowest BCUT2D eigenvalue weighted by Crippen LogP contribution is -2.46. The van der Waals surface area contributed by atoms with E-state index in [1.807, 2.05) is 27.7 Å². The van der Waals surface area contributed by atoms with Gasteiger partial charge in [-0.2, -0.15) is 0 Å². The van der Waals surface area contributed by atoms with E-state index in [9.17, 15) is 9.59 Å². The van der Waals surface area contributed by atoms with E-state index in [-0.39, 0.29) is 17.9 Å². The largest absolute Gasteiger partial charge is 0.444 e. The van der Waals surface area contributed by atoms with Crippen molar-refractivity contribution in [3.63, 3.8) is 0 Å². The molecule has 6 heteroatoms. The number of hydrogen-bond donors (Lipinski definition) is 1. The number of carbonyl (C=O) groups is 2. The molecule has 1 aliphatic rings. The van der Waals surface area contributed by atoms with Crippen LogP contribution in [0.4, 0.5) is 0 Å². The maximum absolute atomic E-state index is 12.7. The van der Waals surface area contributed by atoms with Crippen molar-refractivity contribution in [2.75, 3.05) is 6.54 Å². The highest BCUT2D eigenvalue weighted by Gasteiger charge is 2.34. The highest BCUT2D eigenvalue weighted by atomic mass is 16.4. The van der Waals surface area contributed by atoms with Crippen molar-refractivity contribution in [2.45, 2.75) is 52.6 Å². The molecule has 21 heavy (non-hydrogen) atoms. The molecule has 1 aliphatic heterocycles. The molecule has 1 aromatic heterocycles. The number of aryl methyl sites for hydroxylation is 1. The van der Waals surface area contributed by atoms with Crippen molar-refractivity contribution in [3.8, 4) is 0 Å². The van der Waals surface area contributed by atoms with Gasteiger partial charge in [0.05, 0.1) is 6.20 Å². The van der Waals surface area contributed by atoms with Crippen molar-refractivity contribution in [1.82, 2.24) is 15.2 Å². The van der Waals surface area contributed by atoms with Gasteiger partial charge in [0, 0.05) is 13.0 Å². The van der Waals surface area contributed by atoms with Gasteiger partial charge in [0.15, 0.2) is 0 Å². The van der Waals surface area contributed by atoms with Crippen LogP contribution in [0.3, 0.4) is 0 Å². The summed E-state index contributed by atoms with van der Waals surface area (Å²) >= 11 is 0. The number of hydrogen-bond acceptors (Lipinski definition) is 4. The summed E-state index contributed by atoms with van der Waals surface area (Å²) in [6, 6.07) is -0.730. The van der Waals surface area contributed by atoms with Crippen LogP contribution in [-0.4, -0.2) is 34.3 Å². The van der Waals surface area contributed by atoms with E-state index in [2.05, 4.69) is 10.3 Å². The predicted octanol–water partition coefficient (Wildman–Crippen LogP) is 1.81. The quantitative estimate of drug-likeness (QED) is 0.918. The number of aromatic nitrogens is 1. The minimum Gasteiger partial charge on any atom is -0.444 e.